The largest absolute Gasteiger partial charge is 0.497 e. The Labute approximate surface area is 132 Å². The molecule has 0 aliphatic rings. The minimum atomic E-state index is -0.480. The van der Waals surface area contributed by atoms with Crippen LogP contribution in [0, 0.1) is 0 Å². The lowest BCUT2D eigenvalue weighted by Gasteiger charge is -2.11. The number of rotatable bonds is 6. The third kappa shape index (κ3) is 3.66. The van der Waals surface area contributed by atoms with Crippen LogP contribution >= 0.6 is 0 Å². The Hall–Kier alpha value is -2.89. The highest BCUT2D eigenvalue weighted by Crippen LogP contribution is 2.23. The van der Waals surface area contributed by atoms with Crippen molar-refractivity contribution in [3.8, 4) is 5.75 Å². The number of fused-ring (bicyclic) bond motifs is 1. The van der Waals surface area contributed by atoms with Crippen LogP contribution in [-0.4, -0.2) is 30.5 Å². The van der Waals surface area contributed by atoms with Gasteiger partial charge in [0.25, 0.3) is 5.56 Å². The molecule has 2 rings (SSSR count). The Kier molecular flexibility index (Phi) is 5.30. The molecule has 6 nitrogen and oxygen atoms in total. The second kappa shape index (κ2) is 7.40. The molecule has 0 spiro atoms. The van der Waals surface area contributed by atoms with Gasteiger partial charge in [-0.15, -0.1) is 0 Å². The molecule has 120 valence electrons. The molecule has 0 amide bonds. The van der Waals surface area contributed by atoms with Crippen molar-refractivity contribution < 1.29 is 19.1 Å². The highest BCUT2D eigenvalue weighted by atomic mass is 16.5. The highest BCUT2D eigenvalue weighted by Gasteiger charge is 2.09. The van der Waals surface area contributed by atoms with E-state index in [-0.39, 0.29) is 18.7 Å². The molecule has 1 heterocycles. The summed E-state index contributed by atoms with van der Waals surface area (Å²) < 4.78 is 11.4. The van der Waals surface area contributed by atoms with Crippen LogP contribution in [0.2, 0.25) is 0 Å². The predicted octanol–water partition coefficient (Wildman–Crippen LogP) is 1.79. The molecule has 0 aliphatic carbocycles. The van der Waals surface area contributed by atoms with Gasteiger partial charge in [-0.1, -0.05) is 0 Å². The lowest BCUT2D eigenvalue weighted by atomic mass is 10.1. The predicted molar refractivity (Wildman–Crippen MR) is 86.5 cm³/mol. The lowest BCUT2D eigenvalue weighted by Crippen LogP contribution is -2.21. The van der Waals surface area contributed by atoms with E-state index < -0.39 is 5.97 Å². The monoisotopic (exact) mass is 315 g/mol. The molecule has 0 N–H and O–H groups in total. The average molecular weight is 315 g/mol. The molecule has 0 bridgehead atoms. The van der Waals surface area contributed by atoms with E-state index in [9.17, 15) is 14.4 Å². The van der Waals surface area contributed by atoms with Gasteiger partial charge in [0, 0.05) is 23.6 Å². The number of nitrogens with zero attached hydrogens (tertiary/aromatic N) is 1. The molecule has 2 aromatic rings. The van der Waals surface area contributed by atoms with Crippen LogP contribution in [0.15, 0.2) is 35.1 Å². The van der Waals surface area contributed by atoms with Crippen LogP contribution < -0.4 is 10.3 Å². The van der Waals surface area contributed by atoms with Crippen molar-refractivity contribution in [2.75, 3.05) is 13.7 Å². The third-order valence-electron chi connectivity index (χ3n) is 3.29. The maximum absolute atomic E-state index is 12.2. The quantitative estimate of drug-likeness (QED) is 0.461. The Morgan fingerprint density at radius 2 is 2.09 bits per heavy atom. The SMILES string of the molecule is CCOC(=O)/C=C/c1cc(=O)n(CC=O)c2cc(OC)ccc12. The normalized spacial score (nSPS) is 10.9. The number of ether oxygens (including phenoxy) is 2. The van der Waals surface area contributed by atoms with Gasteiger partial charge in [0.1, 0.15) is 12.0 Å². The molecule has 1 aromatic heterocycles. The van der Waals surface area contributed by atoms with Crippen molar-refractivity contribution in [3.63, 3.8) is 0 Å². The summed E-state index contributed by atoms with van der Waals surface area (Å²) in [5.74, 6) is 0.0919. The molecule has 0 saturated heterocycles. The van der Waals surface area contributed by atoms with Crippen molar-refractivity contribution >= 4 is 29.2 Å². The summed E-state index contributed by atoms with van der Waals surface area (Å²) in [6.07, 6.45) is 3.46. The zero-order chi connectivity index (χ0) is 16.8. The Morgan fingerprint density at radius 1 is 1.30 bits per heavy atom. The maximum atomic E-state index is 12.2. The number of aldehydes is 1. The first-order valence-corrected chi connectivity index (χ1v) is 7.10. The van der Waals surface area contributed by atoms with Crippen molar-refractivity contribution in [2.45, 2.75) is 13.5 Å². The van der Waals surface area contributed by atoms with Gasteiger partial charge in [-0.2, -0.15) is 0 Å². The summed E-state index contributed by atoms with van der Waals surface area (Å²) in [5, 5.41) is 0.729. The minimum absolute atomic E-state index is 0.0512. The molecule has 23 heavy (non-hydrogen) atoms. The first-order chi connectivity index (χ1) is 11.1. The minimum Gasteiger partial charge on any atom is -0.497 e. The van der Waals surface area contributed by atoms with Gasteiger partial charge < -0.3 is 18.8 Å². The zero-order valence-corrected chi connectivity index (χ0v) is 12.9. The van der Waals surface area contributed by atoms with Gasteiger partial charge in [-0.25, -0.2) is 4.79 Å². The number of esters is 1. The Morgan fingerprint density at radius 3 is 2.74 bits per heavy atom. The standard InChI is InChI=1S/C17H17NO5/c1-3-23-17(21)7-4-12-10-16(20)18(8-9-19)15-11-13(22-2)5-6-14(12)15/h4-7,9-11H,3,8H2,1-2H3/b7-4+. The summed E-state index contributed by atoms with van der Waals surface area (Å²) in [6, 6.07) is 6.59. The molecule has 0 fully saturated rings. The molecule has 0 unspecified atom stereocenters. The van der Waals surface area contributed by atoms with Crippen LogP contribution in [0.3, 0.4) is 0 Å². The van der Waals surface area contributed by atoms with Gasteiger partial charge in [0.2, 0.25) is 0 Å². The molecule has 1 aromatic carbocycles. The van der Waals surface area contributed by atoms with E-state index in [2.05, 4.69) is 0 Å². The summed E-state index contributed by atoms with van der Waals surface area (Å²) in [4.78, 5) is 34.5. The fraction of sp³-hybridized carbons (Fsp3) is 0.235. The zero-order valence-electron chi connectivity index (χ0n) is 12.9. The first kappa shape index (κ1) is 16.5. The van der Waals surface area contributed by atoms with Crippen LogP contribution in [0.25, 0.3) is 17.0 Å². The summed E-state index contributed by atoms with van der Waals surface area (Å²) >= 11 is 0. The molecular weight excluding hydrogens is 298 g/mol. The third-order valence-corrected chi connectivity index (χ3v) is 3.29. The lowest BCUT2D eigenvalue weighted by molar-refractivity contribution is -0.137. The van der Waals surface area contributed by atoms with Crippen molar-refractivity contribution in [3.05, 3.63) is 46.3 Å². The second-order valence-electron chi connectivity index (χ2n) is 4.68. The summed E-state index contributed by atoms with van der Waals surface area (Å²) in [6.45, 7) is 1.94. The fourth-order valence-corrected chi connectivity index (χ4v) is 2.26. The number of aromatic nitrogens is 1. The molecule has 0 aliphatic heterocycles. The first-order valence-electron chi connectivity index (χ1n) is 7.10. The van der Waals surface area contributed by atoms with Gasteiger partial charge in [-0.3, -0.25) is 4.79 Å². The van der Waals surface area contributed by atoms with Crippen LogP contribution in [0.4, 0.5) is 0 Å². The van der Waals surface area contributed by atoms with E-state index in [1.165, 1.54) is 29.9 Å². The molecular formula is C17H17NO5. The van der Waals surface area contributed by atoms with Crippen LogP contribution in [0.5, 0.6) is 5.75 Å². The smallest absolute Gasteiger partial charge is 0.330 e. The van der Waals surface area contributed by atoms with Crippen molar-refractivity contribution in [2.24, 2.45) is 0 Å². The molecule has 6 heteroatoms. The Balaban J connectivity index is 2.63. The van der Waals surface area contributed by atoms with Gasteiger partial charge >= 0.3 is 5.97 Å². The Bertz CT molecular complexity index is 820. The van der Waals surface area contributed by atoms with Crippen molar-refractivity contribution in [1.29, 1.82) is 0 Å². The van der Waals surface area contributed by atoms with E-state index in [0.717, 1.165) is 5.39 Å². The molecule has 0 atom stereocenters. The van der Waals surface area contributed by atoms with Gasteiger partial charge in [0.05, 0.1) is 25.8 Å². The number of carbonyl (C=O) groups is 2. The average Bonchev–Trinajstić information content (AvgIpc) is 2.55. The van der Waals surface area contributed by atoms with E-state index in [1.54, 1.807) is 25.1 Å². The van der Waals surface area contributed by atoms with Crippen LogP contribution in [-0.2, 0) is 20.9 Å². The van der Waals surface area contributed by atoms with Crippen LogP contribution in [0.1, 0.15) is 12.5 Å². The summed E-state index contributed by atoms with van der Waals surface area (Å²) in [5.41, 5.74) is 0.802. The molecule has 0 saturated carbocycles. The van der Waals surface area contributed by atoms with E-state index in [1.807, 2.05) is 0 Å². The van der Waals surface area contributed by atoms with E-state index >= 15 is 0 Å². The number of benzene rings is 1. The number of hydrogen-bond acceptors (Lipinski definition) is 5. The second-order valence-corrected chi connectivity index (χ2v) is 4.68. The fourth-order valence-electron chi connectivity index (χ4n) is 2.26. The number of hydrogen-bond donors (Lipinski definition) is 0. The topological polar surface area (TPSA) is 74.6 Å². The number of pyridine rings is 1. The van der Waals surface area contributed by atoms with E-state index in [4.69, 9.17) is 9.47 Å². The van der Waals surface area contributed by atoms with Crippen molar-refractivity contribution in [1.82, 2.24) is 4.57 Å². The maximum Gasteiger partial charge on any atom is 0.330 e. The van der Waals surface area contributed by atoms with Gasteiger partial charge in [-0.05, 0) is 30.7 Å². The van der Waals surface area contributed by atoms with Gasteiger partial charge in [0.15, 0.2) is 0 Å². The number of methoxy groups -OCH3 is 1. The summed E-state index contributed by atoms with van der Waals surface area (Å²) in [7, 11) is 1.52. The highest BCUT2D eigenvalue weighted by molar-refractivity contribution is 5.94. The molecule has 0 radical (unpaired) electrons. The number of carbonyl (C=O) groups excluding carboxylic acids is 2. The van der Waals surface area contributed by atoms with E-state index in [0.29, 0.717) is 23.1 Å².